The molecule has 4 nitrogen and oxygen atoms in total. The normalized spacial score (nSPS) is 26.7. The van der Waals surface area contributed by atoms with Gasteiger partial charge in [0.1, 0.15) is 0 Å². The summed E-state index contributed by atoms with van der Waals surface area (Å²) in [5.74, 6) is 0. The van der Waals surface area contributed by atoms with E-state index < -0.39 is 0 Å². The van der Waals surface area contributed by atoms with Gasteiger partial charge in [-0.1, -0.05) is 0 Å². The summed E-state index contributed by atoms with van der Waals surface area (Å²) in [5, 5.41) is 3.18. The Balaban J connectivity index is 2.36. The number of hydrogen-bond donors (Lipinski definition) is 2. The van der Waals surface area contributed by atoms with Crippen molar-refractivity contribution < 1.29 is 0 Å². The van der Waals surface area contributed by atoms with Gasteiger partial charge in [-0.3, -0.25) is 4.79 Å². The van der Waals surface area contributed by atoms with Crippen molar-refractivity contribution in [3.63, 3.8) is 0 Å². The summed E-state index contributed by atoms with van der Waals surface area (Å²) in [6.07, 6.45) is 1.83. The topological polar surface area (TPSA) is 60.1 Å². The van der Waals surface area contributed by atoms with E-state index in [0.29, 0.717) is 0 Å². The zero-order valence-electron chi connectivity index (χ0n) is 8.23. The van der Waals surface area contributed by atoms with Crippen molar-refractivity contribution in [2.24, 2.45) is 5.73 Å². The lowest BCUT2D eigenvalue weighted by atomic mass is 10.1. The smallest absolute Gasteiger partial charge is 0.251 e. The van der Waals surface area contributed by atoms with Gasteiger partial charge in [0.15, 0.2) is 0 Å². The Kier molecular flexibility index (Phi) is 2.39. The van der Waals surface area contributed by atoms with Gasteiger partial charge < -0.3 is 15.6 Å². The Labute approximate surface area is 82.7 Å². The van der Waals surface area contributed by atoms with Crippen LogP contribution in [-0.2, 0) is 0 Å². The molecule has 1 aromatic rings. The van der Waals surface area contributed by atoms with Crippen molar-refractivity contribution in [2.75, 3.05) is 13.1 Å². The first kappa shape index (κ1) is 9.43. The van der Waals surface area contributed by atoms with Crippen LogP contribution in [0.2, 0.25) is 0 Å². The van der Waals surface area contributed by atoms with Crippen LogP contribution in [0.15, 0.2) is 23.1 Å². The first-order valence-electron chi connectivity index (χ1n) is 4.83. The molecule has 1 saturated heterocycles. The number of nitrogens with zero attached hydrogens (tertiary/aromatic N) is 1. The Morgan fingerprint density at radius 2 is 2.36 bits per heavy atom. The van der Waals surface area contributed by atoms with Crippen LogP contribution >= 0.6 is 0 Å². The molecule has 14 heavy (non-hydrogen) atoms. The molecule has 2 heterocycles. The minimum Gasteiger partial charge on any atom is -0.325 e. The zero-order chi connectivity index (χ0) is 10.1. The fourth-order valence-electron chi connectivity index (χ4n) is 1.85. The molecule has 0 bridgehead atoms. The maximum atomic E-state index is 11.7. The second-order valence-electron chi connectivity index (χ2n) is 3.84. The van der Waals surface area contributed by atoms with Crippen LogP contribution in [0.3, 0.4) is 0 Å². The first-order chi connectivity index (χ1) is 6.68. The van der Waals surface area contributed by atoms with Crippen molar-refractivity contribution in [3.8, 4) is 0 Å². The highest BCUT2D eigenvalue weighted by atomic mass is 16.1. The summed E-state index contributed by atoms with van der Waals surface area (Å²) in [7, 11) is 0. The van der Waals surface area contributed by atoms with Crippen LogP contribution in [-0.4, -0.2) is 23.7 Å². The molecule has 0 aliphatic carbocycles. The number of nitrogens with two attached hydrogens (primary N) is 1. The van der Waals surface area contributed by atoms with Crippen LogP contribution < -0.4 is 16.6 Å². The summed E-state index contributed by atoms with van der Waals surface area (Å²) in [5.41, 5.74) is 6.92. The molecule has 4 heteroatoms. The van der Waals surface area contributed by atoms with E-state index >= 15 is 0 Å². The Hall–Kier alpha value is -1.13. The summed E-state index contributed by atoms with van der Waals surface area (Å²) in [4.78, 5) is 11.7. The maximum absolute atomic E-state index is 11.7. The van der Waals surface area contributed by atoms with Gasteiger partial charge in [-0.05, 0) is 18.6 Å². The fourth-order valence-corrected chi connectivity index (χ4v) is 1.85. The third kappa shape index (κ3) is 1.58. The molecular weight excluding hydrogens is 178 g/mol. The quantitative estimate of drug-likeness (QED) is 0.639. The molecule has 0 unspecified atom stereocenters. The summed E-state index contributed by atoms with van der Waals surface area (Å²) < 4.78 is 1.72. The predicted octanol–water partition coefficient (Wildman–Crippen LogP) is -0.372. The molecule has 1 aromatic heterocycles. The van der Waals surface area contributed by atoms with Gasteiger partial charge in [0.25, 0.3) is 5.56 Å². The van der Waals surface area contributed by atoms with Gasteiger partial charge in [0, 0.05) is 31.4 Å². The van der Waals surface area contributed by atoms with Crippen molar-refractivity contribution >= 4 is 0 Å². The predicted molar refractivity (Wildman–Crippen MR) is 55.3 cm³/mol. The zero-order valence-corrected chi connectivity index (χ0v) is 8.23. The van der Waals surface area contributed by atoms with Gasteiger partial charge >= 0.3 is 0 Å². The molecule has 0 spiro atoms. The largest absolute Gasteiger partial charge is 0.325 e. The lowest BCUT2D eigenvalue weighted by molar-refractivity contribution is 0.477. The molecule has 2 rings (SSSR count). The van der Waals surface area contributed by atoms with E-state index in [1.165, 1.54) is 0 Å². The van der Waals surface area contributed by atoms with Gasteiger partial charge in [0.05, 0.1) is 6.04 Å². The minimum atomic E-state index is 0.0363. The van der Waals surface area contributed by atoms with E-state index in [-0.39, 0.29) is 17.6 Å². The van der Waals surface area contributed by atoms with Crippen molar-refractivity contribution in [3.05, 3.63) is 34.2 Å². The van der Waals surface area contributed by atoms with E-state index in [0.717, 1.165) is 18.7 Å². The van der Waals surface area contributed by atoms with Gasteiger partial charge in [-0.15, -0.1) is 0 Å². The highest BCUT2D eigenvalue weighted by Gasteiger charge is 2.25. The van der Waals surface area contributed by atoms with Crippen molar-refractivity contribution in [1.29, 1.82) is 0 Å². The van der Waals surface area contributed by atoms with Crippen molar-refractivity contribution in [2.45, 2.75) is 19.0 Å². The van der Waals surface area contributed by atoms with E-state index in [2.05, 4.69) is 5.32 Å². The highest BCUT2D eigenvalue weighted by molar-refractivity contribution is 5.10. The standard InChI is InChI=1S/C10H15N3O/c1-7-2-3-13(10(14)4-7)9-6-12-5-8(9)11/h2-4,8-9,12H,5-6,11H2,1H3/t8-,9-/m1/s1. The minimum absolute atomic E-state index is 0.0363. The van der Waals surface area contributed by atoms with Gasteiger partial charge in [-0.25, -0.2) is 0 Å². The molecule has 1 aliphatic heterocycles. The fraction of sp³-hybridized carbons (Fsp3) is 0.500. The molecule has 2 atom stereocenters. The number of hydrogen-bond acceptors (Lipinski definition) is 3. The number of rotatable bonds is 1. The maximum Gasteiger partial charge on any atom is 0.251 e. The average molecular weight is 193 g/mol. The Morgan fingerprint density at radius 3 is 2.93 bits per heavy atom. The molecule has 1 fully saturated rings. The van der Waals surface area contributed by atoms with E-state index in [1.54, 1.807) is 10.6 Å². The van der Waals surface area contributed by atoms with Crippen molar-refractivity contribution in [1.82, 2.24) is 9.88 Å². The van der Waals surface area contributed by atoms with Crippen LogP contribution in [0.25, 0.3) is 0 Å². The number of aromatic nitrogens is 1. The third-order valence-electron chi connectivity index (χ3n) is 2.69. The molecule has 0 radical (unpaired) electrons. The number of aryl methyl sites for hydroxylation is 1. The van der Waals surface area contributed by atoms with E-state index in [4.69, 9.17) is 5.73 Å². The summed E-state index contributed by atoms with van der Waals surface area (Å²) in [6, 6.07) is 3.72. The summed E-state index contributed by atoms with van der Waals surface area (Å²) >= 11 is 0. The summed E-state index contributed by atoms with van der Waals surface area (Å²) in [6.45, 7) is 3.48. The molecule has 1 aliphatic rings. The average Bonchev–Trinajstić information content (AvgIpc) is 2.52. The van der Waals surface area contributed by atoms with E-state index in [9.17, 15) is 4.79 Å². The van der Waals surface area contributed by atoms with Crippen LogP contribution in [0.4, 0.5) is 0 Å². The molecule has 0 aromatic carbocycles. The molecule has 0 saturated carbocycles. The lowest BCUT2D eigenvalue weighted by Gasteiger charge is -2.17. The van der Waals surface area contributed by atoms with Gasteiger partial charge in [-0.2, -0.15) is 0 Å². The van der Waals surface area contributed by atoms with E-state index in [1.807, 2.05) is 19.2 Å². The number of pyridine rings is 1. The SMILES string of the molecule is Cc1ccn([C@@H]2CNC[C@H]2N)c(=O)c1. The molecule has 76 valence electrons. The van der Waals surface area contributed by atoms with Crippen LogP contribution in [0, 0.1) is 6.92 Å². The van der Waals surface area contributed by atoms with Crippen LogP contribution in [0.5, 0.6) is 0 Å². The second kappa shape index (κ2) is 3.55. The third-order valence-corrected chi connectivity index (χ3v) is 2.69. The number of nitrogens with one attached hydrogen (secondary N) is 1. The molecule has 3 N–H and O–H groups in total. The second-order valence-corrected chi connectivity index (χ2v) is 3.84. The lowest BCUT2D eigenvalue weighted by Crippen LogP contribution is -2.36. The molecular formula is C10H15N3O. The molecule has 0 amide bonds. The Morgan fingerprint density at radius 1 is 1.57 bits per heavy atom. The first-order valence-corrected chi connectivity index (χ1v) is 4.83. The van der Waals surface area contributed by atoms with Gasteiger partial charge in [0.2, 0.25) is 0 Å². The van der Waals surface area contributed by atoms with Crippen LogP contribution in [0.1, 0.15) is 11.6 Å². The highest BCUT2D eigenvalue weighted by Crippen LogP contribution is 2.11. The monoisotopic (exact) mass is 193 g/mol. The Bertz CT molecular complexity index is 385.